The molecule has 0 aliphatic carbocycles. The third-order valence-electron chi connectivity index (χ3n) is 6.22. The molecule has 1 N–H and O–H groups in total. The molecule has 1 heterocycles. The molecule has 4 aromatic rings. The molecule has 3 aromatic carbocycles. The van der Waals surface area contributed by atoms with Crippen molar-refractivity contribution in [3.63, 3.8) is 0 Å². The molecule has 0 radical (unpaired) electrons. The average molecular weight is 482 g/mol. The molecule has 36 heavy (non-hydrogen) atoms. The molecule has 0 aliphatic rings. The predicted octanol–water partition coefficient (Wildman–Crippen LogP) is 5.06. The number of nitrogens with one attached hydrogen (secondary N) is 1. The summed E-state index contributed by atoms with van der Waals surface area (Å²) in [6.45, 7) is 4.28. The Balaban J connectivity index is 1.73. The van der Waals surface area contributed by atoms with Crippen molar-refractivity contribution in [2.75, 3.05) is 13.1 Å². The van der Waals surface area contributed by atoms with Crippen molar-refractivity contribution in [2.24, 2.45) is 0 Å². The lowest BCUT2D eigenvalue weighted by atomic mass is 10.0. The number of aromatic amines is 1. The topological polar surface area (TPSA) is 75.2 Å². The van der Waals surface area contributed by atoms with Gasteiger partial charge in [-0.3, -0.25) is 19.5 Å². The van der Waals surface area contributed by atoms with Crippen molar-refractivity contribution in [1.82, 2.24) is 14.7 Å². The molecular formula is C30H31N3O3. The van der Waals surface area contributed by atoms with Crippen molar-refractivity contribution in [3.8, 4) is 16.9 Å². The van der Waals surface area contributed by atoms with E-state index in [2.05, 4.69) is 5.10 Å². The van der Waals surface area contributed by atoms with E-state index in [1.165, 1.54) is 4.68 Å². The molecule has 0 unspecified atom stereocenters. The SMILES string of the molecule is CCCN(CC(=O)c1c(-c2ccccc2)[nH]n(-c2ccccc2CC)c1=O)C(=O)Cc1ccccc1. The highest BCUT2D eigenvalue weighted by Crippen LogP contribution is 2.23. The highest BCUT2D eigenvalue weighted by molar-refractivity contribution is 6.04. The molecule has 6 heteroatoms. The monoisotopic (exact) mass is 481 g/mol. The van der Waals surface area contributed by atoms with Crippen LogP contribution < -0.4 is 5.56 Å². The maximum atomic E-state index is 13.7. The number of aryl methyl sites for hydroxylation is 1. The molecule has 184 valence electrons. The fourth-order valence-corrected chi connectivity index (χ4v) is 4.40. The molecule has 6 nitrogen and oxygen atoms in total. The fraction of sp³-hybridized carbons (Fsp3) is 0.233. The van der Waals surface area contributed by atoms with Gasteiger partial charge in [0.1, 0.15) is 5.56 Å². The van der Waals surface area contributed by atoms with Crippen LogP contribution >= 0.6 is 0 Å². The Hall–Kier alpha value is -4.19. The Kier molecular flexibility index (Phi) is 7.95. The molecule has 0 saturated heterocycles. The van der Waals surface area contributed by atoms with Crippen molar-refractivity contribution in [1.29, 1.82) is 0 Å². The summed E-state index contributed by atoms with van der Waals surface area (Å²) in [6.07, 6.45) is 1.66. The number of aromatic nitrogens is 2. The van der Waals surface area contributed by atoms with Crippen molar-refractivity contribution in [2.45, 2.75) is 33.1 Å². The maximum absolute atomic E-state index is 13.7. The van der Waals surface area contributed by atoms with Crippen molar-refractivity contribution in [3.05, 3.63) is 112 Å². The van der Waals surface area contributed by atoms with Crippen LogP contribution in [-0.2, 0) is 17.6 Å². The quantitative estimate of drug-likeness (QED) is 0.322. The predicted molar refractivity (Wildman–Crippen MR) is 143 cm³/mol. The Morgan fingerprint density at radius 1 is 0.861 bits per heavy atom. The minimum Gasteiger partial charge on any atom is -0.335 e. The van der Waals surface area contributed by atoms with E-state index in [9.17, 15) is 14.4 Å². The third-order valence-corrected chi connectivity index (χ3v) is 6.22. The van der Waals surface area contributed by atoms with Crippen molar-refractivity contribution < 1.29 is 9.59 Å². The number of para-hydroxylation sites is 1. The van der Waals surface area contributed by atoms with Gasteiger partial charge in [-0.15, -0.1) is 0 Å². The summed E-state index contributed by atoms with van der Waals surface area (Å²) in [7, 11) is 0. The summed E-state index contributed by atoms with van der Waals surface area (Å²) in [4.78, 5) is 42.0. The van der Waals surface area contributed by atoms with Gasteiger partial charge in [-0.1, -0.05) is 92.7 Å². The van der Waals surface area contributed by atoms with Crippen LogP contribution in [-0.4, -0.2) is 39.5 Å². The summed E-state index contributed by atoms with van der Waals surface area (Å²) < 4.78 is 1.45. The standard InChI is InChI=1S/C30H31N3O3/c1-3-19-32(27(35)20-22-13-7-5-8-14-22)21-26(34)28-29(24-16-9-6-10-17-24)31-33(30(28)36)25-18-12-11-15-23(25)4-2/h5-18,31H,3-4,19-21H2,1-2H3. The van der Waals surface area contributed by atoms with Gasteiger partial charge in [0.05, 0.1) is 24.3 Å². The van der Waals surface area contributed by atoms with E-state index in [0.717, 1.165) is 23.1 Å². The zero-order valence-corrected chi connectivity index (χ0v) is 20.7. The number of amides is 1. The van der Waals surface area contributed by atoms with E-state index in [0.29, 0.717) is 24.3 Å². The Labute approximate surface area is 211 Å². The van der Waals surface area contributed by atoms with Gasteiger partial charge in [0.25, 0.3) is 5.56 Å². The second-order valence-corrected chi connectivity index (χ2v) is 8.75. The number of hydrogen-bond acceptors (Lipinski definition) is 3. The number of nitrogens with zero attached hydrogens (tertiary/aromatic N) is 2. The highest BCUT2D eigenvalue weighted by Gasteiger charge is 2.26. The van der Waals surface area contributed by atoms with E-state index >= 15 is 0 Å². The minimum atomic E-state index is -0.410. The normalized spacial score (nSPS) is 10.8. The van der Waals surface area contributed by atoms with Crippen LogP contribution in [0.1, 0.15) is 41.8 Å². The van der Waals surface area contributed by atoms with Crippen LogP contribution in [0.5, 0.6) is 0 Å². The molecule has 0 spiro atoms. The molecular weight excluding hydrogens is 450 g/mol. The van der Waals surface area contributed by atoms with Crippen LogP contribution in [0.15, 0.2) is 89.7 Å². The van der Waals surface area contributed by atoms with E-state index in [-0.39, 0.29) is 30.2 Å². The zero-order chi connectivity index (χ0) is 25.5. The fourth-order valence-electron chi connectivity index (χ4n) is 4.40. The number of carbonyl (C=O) groups is 2. The smallest absolute Gasteiger partial charge is 0.282 e. The summed E-state index contributed by atoms with van der Waals surface area (Å²) >= 11 is 0. The van der Waals surface area contributed by atoms with Crippen LogP contribution in [0.3, 0.4) is 0 Å². The lowest BCUT2D eigenvalue weighted by Crippen LogP contribution is -2.38. The van der Waals surface area contributed by atoms with Gasteiger partial charge in [0.2, 0.25) is 5.91 Å². The van der Waals surface area contributed by atoms with Crippen LogP contribution in [0, 0.1) is 0 Å². The summed E-state index contributed by atoms with van der Waals surface area (Å²) in [5.74, 6) is -0.512. The summed E-state index contributed by atoms with van der Waals surface area (Å²) in [6, 6.07) is 26.5. The van der Waals surface area contributed by atoms with Gasteiger partial charge in [0.15, 0.2) is 5.78 Å². The van der Waals surface area contributed by atoms with Crippen LogP contribution in [0.2, 0.25) is 0 Å². The first kappa shape index (κ1) is 24.9. The molecule has 1 amide bonds. The van der Waals surface area contributed by atoms with Gasteiger partial charge >= 0.3 is 0 Å². The van der Waals surface area contributed by atoms with E-state index in [1.807, 2.05) is 98.8 Å². The van der Waals surface area contributed by atoms with E-state index < -0.39 is 5.56 Å². The van der Waals surface area contributed by atoms with E-state index in [4.69, 9.17) is 0 Å². The van der Waals surface area contributed by atoms with Crippen molar-refractivity contribution >= 4 is 11.7 Å². The van der Waals surface area contributed by atoms with Crippen LogP contribution in [0.4, 0.5) is 0 Å². The van der Waals surface area contributed by atoms with E-state index in [1.54, 1.807) is 4.90 Å². The molecule has 1 aromatic heterocycles. The Morgan fingerprint density at radius 3 is 2.17 bits per heavy atom. The summed E-state index contributed by atoms with van der Waals surface area (Å²) in [5.41, 5.74) is 3.46. The van der Waals surface area contributed by atoms with Gasteiger partial charge in [0, 0.05) is 12.1 Å². The minimum absolute atomic E-state index is 0.0701. The second-order valence-electron chi connectivity index (χ2n) is 8.75. The Bertz CT molecular complexity index is 1390. The summed E-state index contributed by atoms with van der Waals surface area (Å²) in [5, 5.41) is 3.19. The molecule has 0 fully saturated rings. The average Bonchev–Trinajstić information content (AvgIpc) is 3.26. The maximum Gasteiger partial charge on any atom is 0.282 e. The second kappa shape index (κ2) is 11.5. The number of hydrogen-bond donors (Lipinski definition) is 1. The Morgan fingerprint density at radius 2 is 1.50 bits per heavy atom. The highest BCUT2D eigenvalue weighted by atomic mass is 16.2. The number of Topliss-reactive ketones (excluding diaryl/α,β-unsaturated/α-hetero) is 1. The first-order valence-corrected chi connectivity index (χ1v) is 12.4. The van der Waals surface area contributed by atoms with Gasteiger partial charge < -0.3 is 4.90 Å². The van der Waals surface area contributed by atoms with Gasteiger partial charge in [-0.25, -0.2) is 4.68 Å². The van der Waals surface area contributed by atoms with Crippen LogP contribution in [0.25, 0.3) is 16.9 Å². The molecule has 0 aliphatic heterocycles. The lowest BCUT2D eigenvalue weighted by molar-refractivity contribution is -0.130. The number of carbonyl (C=O) groups excluding carboxylic acids is 2. The number of H-pyrrole nitrogens is 1. The first-order valence-electron chi connectivity index (χ1n) is 12.4. The first-order chi connectivity index (χ1) is 17.5. The number of benzene rings is 3. The molecule has 4 rings (SSSR count). The van der Waals surface area contributed by atoms with Gasteiger partial charge in [-0.05, 0) is 30.0 Å². The number of ketones is 1. The third kappa shape index (κ3) is 5.38. The lowest BCUT2D eigenvalue weighted by Gasteiger charge is -2.21. The number of rotatable bonds is 10. The largest absolute Gasteiger partial charge is 0.335 e. The molecule has 0 bridgehead atoms. The molecule has 0 atom stereocenters. The van der Waals surface area contributed by atoms with Gasteiger partial charge in [-0.2, -0.15) is 0 Å². The zero-order valence-electron chi connectivity index (χ0n) is 20.7. The molecule has 0 saturated carbocycles.